The largest absolute Gasteiger partial charge is 0.356 e. The molecule has 2 aliphatic rings. The van der Waals surface area contributed by atoms with Gasteiger partial charge in [0.2, 0.25) is 11.8 Å². The Balaban J connectivity index is 1.28. The van der Waals surface area contributed by atoms with Crippen molar-refractivity contribution in [2.24, 2.45) is 11.8 Å². The summed E-state index contributed by atoms with van der Waals surface area (Å²) in [4.78, 5) is 26.9. The van der Waals surface area contributed by atoms with Crippen LogP contribution in [0.3, 0.4) is 0 Å². The average Bonchev–Trinajstić information content (AvgIpc) is 3.33. The van der Waals surface area contributed by atoms with Gasteiger partial charge < -0.3 is 10.2 Å². The second-order valence-electron chi connectivity index (χ2n) is 6.99. The van der Waals surface area contributed by atoms with Gasteiger partial charge in [-0.3, -0.25) is 9.59 Å². The Labute approximate surface area is 158 Å². The molecule has 1 heterocycles. The number of amides is 2. The summed E-state index contributed by atoms with van der Waals surface area (Å²) in [6.45, 7) is 1.28. The van der Waals surface area contributed by atoms with Crippen molar-refractivity contribution in [3.63, 3.8) is 0 Å². The minimum Gasteiger partial charge on any atom is -0.356 e. The van der Waals surface area contributed by atoms with E-state index in [2.05, 4.69) is 11.4 Å². The van der Waals surface area contributed by atoms with Crippen molar-refractivity contribution in [3.8, 4) is 0 Å². The van der Waals surface area contributed by atoms with Gasteiger partial charge in [-0.1, -0.05) is 41.9 Å². The minimum absolute atomic E-state index is 0.0159. The van der Waals surface area contributed by atoms with E-state index in [0.717, 1.165) is 30.6 Å². The Bertz CT molecular complexity index is 851. The molecule has 2 unspecified atom stereocenters. The number of hydrogen-bond acceptors (Lipinski definition) is 2. The number of halogens is 1. The van der Waals surface area contributed by atoms with E-state index in [1.807, 2.05) is 47.4 Å². The van der Waals surface area contributed by atoms with Gasteiger partial charge in [0.15, 0.2) is 0 Å². The summed E-state index contributed by atoms with van der Waals surface area (Å²) < 4.78 is 0. The van der Waals surface area contributed by atoms with Crippen molar-refractivity contribution in [1.29, 1.82) is 0 Å². The maximum Gasteiger partial charge on any atom is 0.230 e. The summed E-state index contributed by atoms with van der Waals surface area (Å²) in [5.41, 5.74) is 3.31. The fourth-order valence-electron chi connectivity index (χ4n) is 3.68. The van der Waals surface area contributed by atoms with E-state index in [0.29, 0.717) is 18.0 Å². The van der Waals surface area contributed by atoms with Crippen LogP contribution >= 0.6 is 11.6 Å². The summed E-state index contributed by atoms with van der Waals surface area (Å²) in [5, 5.41) is 3.66. The van der Waals surface area contributed by atoms with Crippen molar-refractivity contribution in [1.82, 2.24) is 5.32 Å². The molecule has 1 saturated carbocycles. The highest BCUT2D eigenvalue weighted by Crippen LogP contribution is 2.42. The number of carbonyl (C=O) groups excluding carboxylic acids is 2. The zero-order valence-corrected chi connectivity index (χ0v) is 15.2. The SMILES string of the molecule is O=C(NCCc1cccc(Cl)c1)C1CC1C(=O)N1CCc2ccccc21. The van der Waals surface area contributed by atoms with E-state index in [1.165, 1.54) is 5.56 Å². The molecule has 0 saturated heterocycles. The molecule has 2 aromatic carbocycles. The fourth-order valence-corrected chi connectivity index (χ4v) is 3.89. The van der Waals surface area contributed by atoms with Gasteiger partial charge >= 0.3 is 0 Å². The first-order valence-electron chi connectivity index (χ1n) is 9.05. The number of rotatable bonds is 5. The van der Waals surface area contributed by atoms with Crippen LogP contribution in [-0.4, -0.2) is 24.9 Å². The van der Waals surface area contributed by atoms with Crippen LogP contribution in [-0.2, 0) is 22.4 Å². The molecule has 1 aliphatic heterocycles. The average molecular weight is 369 g/mol. The predicted octanol–water partition coefficient (Wildman–Crippen LogP) is 3.22. The van der Waals surface area contributed by atoms with Gasteiger partial charge in [0.25, 0.3) is 0 Å². The number of para-hydroxylation sites is 1. The van der Waals surface area contributed by atoms with Crippen molar-refractivity contribution in [3.05, 3.63) is 64.7 Å². The van der Waals surface area contributed by atoms with E-state index < -0.39 is 0 Å². The maximum atomic E-state index is 12.7. The fraction of sp³-hybridized carbons (Fsp3) is 0.333. The Morgan fingerprint density at radius 3 is 2.81 bits per heavy atom. The molecule has 1 fully saturated rings. The quantitative estimate of drug-likeness (QED) is 0.880. The summed E-state index contributed by atoms with van der Waals surface area (Å²) >= 11 is 5.97. The molecule has 4 nitrogen and oxygen atoms in total. The van der Waals surface area contributed by atoms with E-state index >= 15 is 0 Å². The Hall–Kier alpha value is -2.33. The van der Waals surface area contributed by atoms with Crippen LogP contribution < -0.4 is 10.2 Å². The first kappa shape index (κ1) is 17.1. The van der Waals surface area contributed by atoms with E-state index in [9.17, 15) is 9.59 Å². The van der Waals surface area contributed by atoms with Gasteiger partial charge in [-0.25, -0.2) is 0 Å². The standard InChI is InChI=1S/C21H21ClN2O2/c22-16-6-3-4-14(12-16)8-10-23-20(25)17-13-18(17)21(26)24-11-9-15-5-1-2-7-19(15)24/h1-7,12,17-18H,8-11,13H2,(H,23,25). The predicted molar refractivity (Wildman–Crippen MR) is 102 cm³/mol. The molecule has 0 spiro atoms. The summed E-state index contributed by atoms with van der Waals surface area (Å²) in [7, 11) is 0. The normalized spacial score (nSPS) is 20.6. The third-order valence-electron chi connectivity index (χ3n) is 5.20. The van der Waals surface area contributed by atoms with Crippen LogP contribution in [0.5, 0.6) is 0 Å². The lowest BCUT2D eigenvalue weighted by Gasteiger charge is -2.17. The molecule has 0 bridgehead atoms. The lowest BCUT2D eigenvalue weighted by molar-refractivity contribution is -0.126. The highest BCUT2D eigenvalue weighted by Gasteiger charge is 2.50. The molecule has 5 heteroatoms. The molecule has 26 heavy (non-hydrogen) atoms. The number of anilines is 1. The van der Waals surface area contributed by atoms with Crippen LogP contribution in [0.25, 0.3) is 0 Å². The van der Waals surface area contributed by atoms with Gasteiger partial charge in [-0.15, -0.1) is 0 Å². The first-order chi connectivity index (χ1) is 12.6. The summed E-state index contributed by atoms with van der Waals surface area (Å²) in [5.74, 6) is -0.287. The second kappa shape index (κ2) is 7.12. The van der Waals surface area contributed by atoms with Crippen LogP contribution in [0.4, 0.5) is 5.69 Å². The van der Waals surface area contributed by atoms with Gasteiger partial charge in [0.05, 0.1) is 11.8 Å². The lowest BCUT2D eigenvalue weighted by atomic mass is 10.1. The zero-order chi connectivity index (χ0) is 18.1. The number of nitrogens with zero attached hydrogens (tertiary/aromatic N) is 1. The molecule has 2 aromatic rings. The minimum atomic E-state index is -0.186. The van der Waals surface area contributed by atoms with Gasteiger partial charge in [-0.05, 0) is 48.6 Å². The third kappa shape index (κ3) is 3.47. The van der Waals surface area contributed by atoms with E-state index in [-0.39, 0.29) is 23.7 Å². The molecule has 134 valence electrons. The van der Waals surface area contributed by atoms with Crippen molar-refractivity contribution >= 4 is 29.1 Å². The number of benzene rings is 2. The van der Waals surface area contributed by atoms with Crippen molar-refractivity contribution < 1.29 is 9.59 Å². The maximum absolute atomic E-state index is 12.7. The highest BCUT2D eigenvalue weighted by atomic mass is 35.5. The molecule has 2 amide bonds. The monoisotopic (exact) mass is 368 g/mol. The molecule has 2 atom stereocenters. The van der Waals surface area contributed by atoms with Crippen LogP contribution in [0.1, 0.15) is 17.5 Å². The first-order valence-corrected chi connectivity index (χ1v) is 9.43. The number of hydrogen-bond donors (Lipinski definition) is 1. The molecule has 1 N–H and O–H groups in total. The van der Waals surface area contributed by atoms with Gasteiger partial charge in [-0.2, -0.15) is 0 Å². The summed E-state index contributed by atoms with van der Waals surface area (Å²) in [6.07, 6.45) is 2.28. The molecule has 0 radical (unpaired) electrons. The van der Waals surface area contributed by atoms with Gasteiger partial charge in [0.1, 0.15) is 0 Å². The highest BCUT2D eigenvalue weighted by molar-refractivity contribution is 6.30. The summed E-state index contributed by atoms with van der Waals surface area (Å²) in [6, 6.07) is 15.6. The van der Waals surface area contributed by atoms with Crippen molar-refractivity contribution in [2.75, 3.05) is 18.0 Å². The number of nitrogens with one attached hydrogen (secondary N) is 1. The number of carbonyl (C=O) groups is 2. The Kier molecular flexibility index (Phi) is 4.68. The molecule has 0 aromatic heterocycles. The molecular weight excluding hydrogens is 348 g/mol. The van der Waals surface area contributed by atoms with Crippen LogP contribution in [0.2, 0.25) is 5.02 Å². The Morgan fingerprint density at radius 2 is 1.96 bits per heavy atom. The molecule has 1 aliphatic carbocycles. The van der Waals surface area contributed by atoms with Crippen LogP contribution in [0.15, 0.2) is 48.5 Å². The van der Waals surface area contributed by atoms with Crippen LogP contribution in [0, 0.1) is 11.8 Å². The van der Waals surface area contributed by atoms with E-state index in [4.69, 9.17) is 11.6 Å². The van der Waals surface area contributed by atoms with Gasteiger partial charge in [0, 0.05) is 23.8 Å². The molecular formula is C21H21ClN2O2. The second-order valence-corrected chi connectivity index (χ2v) is 7.42. The van der Waals surface area contributed by atoms with E-state index in [1.54, 1.807) is 0 Å². The topological polar surface area (TPSA) is 49.4 Å². The third-order valence-corrected chi connectivity index (χ3v) is 5.43. The number of fused-ring (bicyclic) bond motifs is 1. The lowest BCUT2D eigenvalue weighted by Crippen LogP contribution is -2.33. The van der Waals surface area contributed by atoms with Crippen molar-refractivity contribution in [2.45, 2.75) is 19.3 Å². The smallest absolute Gasteiger partial charge is 0.230 e. The Morgan fingerprint density at radius 1 is 1.12 bits per heavy atom. The molecule has 4 rings (SSSR count). The zero-order valence-electron chi connectivity index (χ0n) is 14.5.